The largest absolute Gasteiger partial charge is 0.372 e. The third-order valence-corrected chi connectivity index (χ3v) is 4.87. The van der Waals surface area contributed by atoms with E-state index in [1.807, 2.05) is 17.0 Å². The van der Waals surface area contributed by atoms with Crippen LogP contribution in [-0.2, 0) is 0 Å². The van der Waals surface area contributed by atoms with Gasteiger partial charge in [0, 0.05) is 57.2 Å². The second kappa shape index (κ2) is 7.88. The molecule has 0 atom stereocenters. The Balaban J connectivity index is 1.48. The number of hydrogen-bond donors (Lipinski definition) is 1. The molecule has 0 radical (unpaired) electrons. The highest BCUT2D eigenvalue weighted by atomic mass is 16.2. The van der Waals surface area contributed by atoms with Gasteiger partial charge >= 0.3 is 6.03 Å². The van der Waals surface area contributed by atoms with Crippen molar-refractivity contribution in [1.29, 1.82) is 0 Å². The molecule has 0 spiro atoms. The summed E-state index contributed by atoms with van der Waals surface area (Å²) in [5.74, 6) is 0.680. The van der Waals surface area contributed by atoms with Crippen LogP contribution < -0.4 is 10.2 Å². The molecule has 0 aliphatic carbocycles. The molecule has 1 N–H and O–H groups in total. The van der Waals surface area contributed by atoms with Gasteiger partial charge in [0.15, 0.2) is 0 Å². The van der Waals surface area contributed by atoms with Crippen molar-refractivity contribution in [3.8, 4) is 0 Å². The minimum atomic E-state index is 0.0214. The molecule has 2 aliphatic heterocycles. The van der Waals surface area contributed by atoms with Crippen molar-refractivity contribution < 1.29 is 4.79 Å². The first-order valence-electron chi connectivity index (χ1n) is 9.25. The number of anilines is 2. The lowest BCUT2D eigenvalue weighted by Gasteiger charge is -2.35. The Hall–Kier alpha value is -1.75. The van der Waals surface area contributed by atoms with Gasteiger partial charge in [0.05, 0.1) is 0 Å². The Labute approximate surface area is 145 Å². The van der Waals surface area contributed by atoms with E-state index in [1.54, 1.807) is 0 Å². The van der Waals surface area contributed by atoms with Gasteiger partial charge in [0.25, 0.3) is 0 Å². The van der Waals surface area contributed by atoms with E-state index in [4.69, 9.17) is 0 Å². The monoisotopic (exact) mass is 330 g/mol. The Bertz CT molecular complexity index is 529. The van der Waals surface area contributed by atoms with Crippen molar-refractivity contribution in [2.75, 3.05) is 56.0 Å². The lowest BCUT2D eigenvalue weighted by atomic mass is 10.2. The molecule has 2 fully saturated rings. The van der Waals surface area contributed by atoms with Crippen LogP contribution in [0.25, 0.3) is 0 Å². The van der Waals surface area contributed by atoms with Crippen LogP contribution in [0.1, 0.15) is 26.7 Å². The summed E-state index contributed by atoms with van der Waals surface area (Å²) >= 11 is 0. The van der Waals surface area contributed by atoms with Crippen LogP contribution in [0.2, 0.25) is 0 Å². The quantitative estimate of drug-likeness (QED) is 0.922. The van der Waals surface area contributed by atoms with Crippen molar-refractivity contribution in [2.45, 2.75) is 26.7 Å². The molecule has 0 bridgehead atoms. The Kier molecular flexibility index (Phi) is 5.61. The number of nitrogens with one attached hydrogen (secondary N) is 1. The summed E-state index contributed by atoms with van der Waals surface area (Å²) in [6, 6.07) is 8.28. The predicted octanol–water partition coefficient (Wildman–Crippen LogP) is 3.09. The fraction of sp³-hybridized carbons (Fsp3) is 0.632. The molecule has 0 unspecified atom stereocenters. The summed E-state index contributed by atoms with van der Waals surface area (Å²) in [7, 11) is 0. The molecule has 5 heteroatoms. The maximum absolute atomic E-state index is 12.4. The molecule has 1 aromatic rings. The van der Waals surface area contributed by atoms with Crippen LogP contribution in [0.5, 0.6) is 0 Å². The summed E-state index contributed by atoms with van der Waals surface area (Å²) in [5.41, 5.74) is 2.14. The van der Waals surface area contributed by atoms with Crippen LogP contribution >= 0.6 is 0 Å². The molecule has 0 aromatic heterocycles. The van der Waals surface area contributed by atoms with E-state index in [9.17, 15) is 4.79 Å². The van der Waals surface area contributed by atoms with Gasteiger partial charge in [-0.05, 0) is 43.0 Å². The summed E-state index contributed by atoms with van der Waals surface area (Å²) in [6.07, 6.45) is 2.56. The van der Waals surface area contributed by atoms with Crippen molar-refractivity contribution in [2.24, 2.45) is 5.92 Å². The molecule has 2 aliphatic rings. The molecular formula is C19H30N4O. The smallest absolute Gasteiger partial charge is 0.321 e. The van der Waals surface area contributed by atoms with Gasteiger partial charge in [-0.15, -0.1) is 0 Å². The number of rotatable bonds is 4. The first kappa shape index (κ1) is 17.1. The van der Waals surface area contributed by atoms with Crippen LogP contribution in [-0.4, -0.2) is 61.6 Å². The molecule has 2 saturated heterocycles. The van der Waals surface area contributed by atoms with E-state index >= 15 is 0 Å². The number of amides is 2. The average molecular weight is 330 g/mol. The SMILES string of the molecule is CC(C)CN1CCN(C(=O)Nc2ccc(N3CCCC3)cc2)CC1. The van der Waals surface area contributed by atoms with Gasteiger partial charge in [-0.3, -0.25) is 4.90 Å². The number of carbonyl (C=O) groups is 1. The Morgan fingerprint density at radius 1 is 1.00 bits per heavy atom. The third-order valence-electron chi connectivity index (χ3n) is 4.87. The Morgan fingerprint density at radius 3 is 2.21 bits per heavy atom. The summed E-state index contributed by atoms with van der Waals surface area (Å²) in [4.78, 5) is 19.2. The normalized spacial score (nSPS) is 19.1. The number of urea groups is 1. The number of hydrogen-bond acceptors (Lipinski definition) is 3. The molecule has 0 saturated carbocycles. The lowest BCUT2D eigenvalue weighted by Crippen LogP contribution is -2.50. The third kappa shape index (κ3) is 4.41. The zero-order chi connectivity index (χ0) is 16.9. The highest BCUT2D eigenvalue weighted by molar-refractivity contribution is 5.89. The molecule has 2 heterocycles. The van der Waals surface area contributed by atoms with Crippen molar-refractivity contribution >= 4 is 17.4 Å². The first-order chi connectivity index (χ1) is 11.6. The lowest BCUT2D eigenvalue weighted by molar-refractivity contribution is 0.138. The second-order valence-corrected chi connectivity index (χ2v) is 7.35. The highest BCUT2D eigenvalue weighted by Crippen LogP contribution is 2.22. The number of benzene rings is 1. The predicted molar refractivity (Wildman–Crippen MR) is 99.8 cm³/mol. The summed E-state index contributed by atoms with van der Waals surface area (Å²) < 4.78 is 0. The maximum Gasteiger partial charge on any atom is 0.321 e. The van der Waals surface area contributed by atoms with E-state index in [-0.39, 0.29) is 6.03 Å². The van der Waals surface area contributed by atoms with E-state index in [0.717, 1.165) is 51.5 Å². The second-order valence-electron chi connectivity index (χ2n) is 7.35. The van der Waals surface area contributed by atoms with E-state index in [1.165, 1.54) is 18.5 Å². The van der Waals surface area contributed by atoms with Crippen LogP contribution in [0.3, 0.4) is 0 Å². The van der Waals surface area contributed by atoms with Gasteiger partial charge in [0.2, 0.25) is 0 Å². The van der Waals surface area contributed by atoms with Crippen LogP contribution in [0, 0.1) is 5.92 Å². The van der Waals surface area contributed by atoms with Crippen LogP contribution in [0.15, 0.2) is 24.3 Å². The first-order valence-corrected chi connectivity index (χ1v) is 9.25. The molecule has 3 rings (SSSR count). The van der Waals surface area contributed by atoms with Gasteiger partial charge in [-0.25, -0.2) is 4.79 Å². The van der Waals surface area contributed by atoms with E-state index < -0.39 is 0 Å². The number of nitrogens with zero attached hydrogens (tertiary/aromatic N) is 3. The minimum absolute atomic E-state index is 0.0214. The van der Waals surface area contributed by atoms with Gasteiger partial charge < -0.3 is 15.1 Å². The number of carbonyl (C=O) groups excluding carboxylic acids is 1. The van der Waals surface area contributed by atoms with Crippen LogP contribution in [0.4, 0.5) is 16.2 Å². The summed E-state index contributed by atoms with van der Waals surface area (Å²) in [6.45, 7) is 11.5. The average Bonchev–Trinajstić information content (AvgIpc) is 3.10. The molecule has 5 nitrogen and oxygen atoms in total. The maximum atomic E-state index is 12.4. The molecule has 2 amide bonds. The number of piperazine rings is 1. The van der Waals surface area contributed by atoms with Crippen molar-refractivity contribution in [3.63, 3.8) is 0 Å². The fourth-order valence-electron chi connectivity index (χ4n) is 3.58. The zero-order valence-corrected chi connectivity index (χ0v) is 15.0. The van der Waals surface area contributed by atoms with Gasteiger partial charge in [0.1, 0.15) is 0 Å². The summed E-state index contributed by atoms with van der Waals surface area (Å²) in [5, 5.41) is 3.03. The molecular weight excluding hydrogens is 300 g/mol. The Morgan fingerprint density at radius 2 is 1.62 bits per heavy atom. The molecule has 1 aromatic carbocycles. The molecule has 132 valence electrons. The van der Waals surface area contributed by atoms with Gasteiger partial charge in [-0.1, -0.05) is 13.8 Å². The van der Waals surface area contributed by atoms with E-state index in [2.05, 4.69) is 41.1 Å². The minimum Gasteiger partial charge on any atom is -0.372 e. The standard InChI is InChI=1S/C19H30N4O/c1-16(2)15-21-11-13-23(14-12-21)19(24)20-17-5-7-18(8-6-17)22-9-3-4-10-22/h5-8,16H,3-4,9-15H2,1-2H3,(H,20,24). The topological polar surface area (TPSA) is 38.8 Å². The highest BCUT2D eigenvalue weighted by Gasteiger charge is 2.21. The zero-order valence-electron chi connectivity index (χ0n) is 15.0. The van der Waals surface area contributed by atoms with Gasteiger partial charge in [-0.2, -0.15) is 0 Å². The van der Waals surface area contributed by atoms with Crippen molar-refractivity contribution in [3.05, 3.63) is 24.3 Å². The van der Waals surface area contributed by atoms with E-state index in [0.29, 0.717) is 5.92 Å². The fourth-order valence-corrected chi connectivity index (χ4v) is 3.58. The molecule has 24 heavy (non-hydrogen) atoms. The van der Waals surface area contributed by atoms with Crippen molar-refractivity contribution in [1.82, 2.24) is 9.80 Å².